The molecule has 0 aliphatic carbocycles. The molecule has 0 spiro atoms. The van der Waals surface area contributed by atoms with Crippen LogP contribution in [-0.2, 0) is 0 Å². The molecule has 20 heavy (non-hydrogen) atoms. The lowest BCUT2D eigenvalue weighted by atomic mass is 9.98. The highest BCUT2D eigenvalue weighted by Gasteiger charge is 2.35. The molecule has 0 unspecified atom stereocenters. The number of benzene rings is 1. The summed E-state index contributed by atoms with van der Waals surface area (Å²) in [6.07, 6.45) is 0. The van der Waals surface area contributed by atoms with E-state index >= 15 is 0 Å². The van der Waals surface area contributed by atoms with E-state index in [0.717, 1.165) is 13.1 Å². The van der Waals surface area contributed by atoms with E-state index in [0.29, 0.717) is 23.6 Å². The Morgan fingerprint density at radius 1 is 1.30 bits per heavy atom. The molecule has 1 aromatic carbocycles. The van der Waals surface area contributed by atoms with Crippen molar-refractivity contribution >= 4 is 5.91 Å². The molecular weight excluding hydrogens is 256 g/mol. The fourth-order valence-corrected chi connectivity index (χ4v) is 2.56. The van der Waals surface area contributed by atoms with Crippen LogP contribution < -0.4 is 14.8 Å². The van der Waals surface area contributed by atoms with Crippen LogP contribution in [0.3, 0.4) is 0 Å². The Balaban J connectivity index is 2.38. The van der Waals surface area contributed by atoms with E-state index in [1.54, 1.807) is 26.4 Å². The Morgan fingerprint density at radius 3 is 2.65 bits per heavy atom. The topological polar surface area (TPSA) is 50.8 Å². The highest BCUT2D eigenvalue weighted by atomic mass is 16.5. The quantitative estimate of drug-likeness (QED) is 0.911. The number of hydrogen-bond acceptors (Lipinski definition) is 4. The van der Waals surface area contributed by atoms with Gasteiger partial charge in [-0.05, 0) is 26.0 Å². The third kappa shape index (κ3) is 2.58. The molecule has 1 aliphatic rings. The molecule has 0 aromatic heterocycles. The first kappa shape index (κ1) is 14.7. The highest BCUT2D eigenvalue weighted by Crippen LogP contribution is 2.33. The SMILES string of the molecule is COc1cccc(C(=O)N2CCNCC2(C)C)c1OC. The van der Waals surface area contributed by atoms with Crippen LogP contribution in [-0.4, -0.2) is 50.2 Å². The minimum atomic E-state index is -0.219. The Hall–Kier alpha value is -1.75. The van der Waals surface area contributed by atoms with E-state index in [9.17, 15) is 4.79 Å². The lowest BCUT2D eigenvalue weighted by Crippen LogP contribution is -2.59. The molecule has 0 radical (unpaired) electrons. The average Bonchev–Trinajstić information content (AvgIpc) is 2.45. The van der Waals surface area contributed by atoms with Crippen LogP contribution in [0.5, 0.6) is 11.5 Å². The minimum absolute atomic E-state index is 0.0211. The van der Waals surface area contributed by atoms with E-state index in [2.05, 4.69) is 19.2 Å². The molecule has 1 amide bonds. The van der Waals surface area contributed by atoms with Crippen molar-refractivity contribution in [2.24, 2.45) is 0 Å². The van der Waals surface area contributed by atoms with Gasteiger partial charge in [-0.15, -0.1) is 0 Å². The number of rotatable bonds is 3. The van der Waals surface area contributed by atoms with E-state index in [1.165, 1.54) is 0 Å². The monoisotopic (exact) mass is 278 g/mol. The molecule has 0 atom stereocenters. The number of nitrogens with one attached hydrogen (secondary N) is 1. The molecule has 5 nitrogen and oxygen atoms in total. The molecule has 110 valence electrons. The number of hydrogen-bond donors (Lipinski definition) is 1. The van der Waals surface area contributed by atoms with Crippen molar-refractivity contribution in [3.63, 3.8) is 0 Å². The van der Waals surface area contributed by atoms with Crippen LogP contribution in [0.4, 0.5) is 0 Å². The van der Waals surface area contributed by atoms with Gasteiger partial charge in [-0.3, -0.25) is 4.79 Å². The summed E-state index contributed by atoms with van der Waals surface area (Å²) in [6.45, 7) is 6.39. The summed E-state index contributed by atoms with van der Waals surface area (Å²) >= 11 is 0. The number of piperazine rings is 1. The van der Waals surface area contributed by atoms with Crippen molar-refractivity contribution in [1.82, 2.24) is 10.2 Å². The molecule has 1 aliphatic heterocycles. The molecule has 1 saturated heterocycles. The average molecular weight is 278 g/mol. The number of amides is 1. The molecule has 2 rings (SSSR count). The van der Waals surface area contributed by atoms with Gasteiger partial charge < -0.3 is 19.7 Å². The Bertz CT molecular complexity index is 500. The van der Waals surface area contributed by atoms with Crippen LogP contribution in [0.15, 0.2) is 18.2 Å². The number of nitrogens with zero attached hydrogens (tertiary/aromatic N) is 1. The standard InChI is InChI=1S/C15H22N2O3/c1-15(2)10-16-8-9-17(15)14(18)11-6-5-7-12(19-3)13(11)20-4/h5-7,16H,8-10H2,1-4H3. The second-order valence-corrected chi connectivity index (χ2v) is 5.49. The molecule has 5 heteroatoms. The molecule has 1 N–H and O–H groups in total. The second kappa shape index (κ2) is 5.71. The first-order valence-electron chi connectivity index (χ1n) is 6.75. The van der Waals surface area contributed by atoms with Gasteiger partial charge in [-0.2, -0.15) is 0 Å². The summed E-state index contributed by atoms with van der Waals surface area (Å²) in [6, 6.07) is 5.38. The van der Waals surface area contributed by atoms with E-state index in [1.807, 2.05) is 11.0 Å². The highest BCUT2D eigenvalue weighted by molar-refractivity contribution is 5.98. The predicted octanol–water partition coefficient (Wildman–Crippen LogP) is 1.53. The van der Waals surface area contributed by atoms with Crippen molar-refractivity contribution in [3.05, 3.63) is 23.8 Å². The molecule has 1 aromatic rings. The zero-order chi connectivity index (χ0) is 14.8. The summed E-state index contributed by atoms with van der Waals surface area (Å²) in [4.78, 5) is 14.7. The van der Waals surface area contributed by atoms with Gasteiger partial charge in [0.25, 0.3) is 5.91 Å². The van der Waals surface area contributed by atoms with E-state index < -0.39 is 0 Å². The maximum Gasteiger partial charge on any atom is 0.258 e. The Morgan fingerprint density at radius 2 is 2.05 bits per heavy atom. The van der Waals surface area contributed by atoms with E-state index in [-0.39, 0.29) is 11.4 Å². The van der Waals surface area contributed by atoms with Crippen molar-refractivity contribution in [3.8, 4) is 11.5 Å². The maximum atomic E-state index is 12.8. The van der Waals surface area contributed by atoms with Gasteiger partial charge in [-0.25, -0.2) is 0 Å². The van der Waals surface area contributed by atoms with Crippen LogP contribution in [0.1, 0.15) is 24.2 Å². The number of methoxy groups -OCH3 is 2. The Labute approximate surface area is 119 Å². The van der Waals surface area contributed by atoms with Gasteiger partial charge in [0.15, 0.2) is 11.5 Å². The van der Waals surface area contributed by atoms with Gasteiger partial charge in [0.1, 0.15) is 0 Å². The zero-order valence-electron chi connectivity index (χ0n) is 12.5. The molecule has 1 heterocycles. The molecular formula is C15H22N2O3. The lowest BCUT2D eigenvalue weighted by molar-refractivity contribution is 0.0473. The van der Waals surface area contributed by atoms with Crippen LogP contribution in [0.25, 0.3) is 0 Å². The Kier molecular flexibility index (Phi) is 4.18. The summed E-state index contributed by atoms with van der Waals surface area (Å²) in [7, 11) is 3.12. The second-order valence-electron chi connectivity index (χ2n) is 5.49. The van der Waals surface area contributed by atoms with Crippen molar-refractivity contribution in [2.75, 3.05) is 33.9 Å². The summed E-state index contributed by atoms with van der Waals surface area (Å²) in [5.74, 6) is 1.05. The molecule has 1 fully saturated rings. The van der Waals surface area contributed by atoms with Gasteiger partial charge >= 0.3 is 0 Å². The number of carbonyl (C=O) groups is 1. The fraction of sp³-hybridized carbons (Fsp3) is 0.533. The van der Waals surface area contributed by atoms with Crippen LogP contribution >= 0.6 is 0 Å². The minimum Gasteiger partial charge on any atom is -0.493 e. The number of para-hydroxylation sites is 1. The van der Waals surface area contributed by atoms with Crippen LogP contribution in [0.2, 0.25) is 0 Å². The first-order chi connectivity index (χ1) is 9.51. The third-order valence-electron chi connectivity index (χ3n) is 3.68. The summed E-state index contributed by atoms with van der Waals surface area (Å²) < 4.78 is 10.6. The van der Waals surface area contributed by atoms with Crippen molar-refractivity contribution < 1.29 is 14.3 Å². The number of carbonyl (C=O) groups excluding carboxylic acids is 1. The van der Waals surface area contributed by atoms with Gasteiger partial charge in [-0.1, -0.05) is 6.07 Å². The summed E-state index contributed by atoms with van der Waals surface area (Å²) in [5.41, 5.74) is 0.325. The molecule has 0 bridgehead atoms. The van der Waals surface area contributed by atoms with Crippen molar-refractivity contribution in [2.45, 2.75) is 19.4 Å². The number of ether oxygens (including phenoxy) is 2. The normalized spacial score (nSPS) is 17.7. The van der Waals surface area contributed by atoms with Gasteiger partial charge in [0, 0.05) is 19.6 Å². The van der Waals surface area contributed by atoms with E-state index in [4.69, 9.17) is 9.47 Å². The van der Waals surface area contributed by atoms with Crippen molar-refractivity contribution in [1.29, 1.82) is 0 Å². The van der Waals surface area contributed by atoms with Crippen LogP contribution in [0, 0.1) is 0 Å². The zero-order valence-corrected chi connectivity index (χ0v) is 12.5. The fourth-order valence-electron chi connectivity index (χ4n) is 2.56. The smallest absolute Gasteiger partial charge is 0.258 e. The van der Waals surface area contributed by atoms with Gasteiger partial charge in [0.05, 0.1) is 25.3 Å². The predicted molar refractivity (Wildman–Crippen MR) is 77.5 cm³/mol. The summed E-state index contributed by atoms with van der Waals surface area (Å²) in [5, 5.41) is 3.31. The third-order valence-corrected chi connectivity index (χ3v) is 3.68. The molecule has 0 saturated carbocycles. The van der Waals surface area contributed by atoms with Gasteiger partial charge in [0.2, 0.25) is 0 Å². The lowest BCUT2D eigenvalue weighted by Gasteiger charge is -2.43. The largest absolute Gasteiger partial charge is 0.493 e. The first-order valence-corrected chi connectivity index (χ1v) is 6.75. The maximum absolute atomic E-state index is 12.8.